The summed E-state index contributed by atoms with van der Waals surface area (Å²) in [5.74, 6) is 2.17. The average Bonchev–Trinajstić information content (AvgIpc) is 1.63. The van der Waals surface area contributed by atoms with Gasteiger partial charge in [-0.3, -0.25) is 15.1 Å². The monoisotopic (exact) mass is 1520 g/mol. The highest BCUT2D eigenvalue weighted by Gasteiger charge is 2.44. The molecular weight excluding hydrogens is 1410 g/mol. The first-order valence-electron chi connectivity index (χ1n) is 38.4. The fraction of sp³-hybridized carbons (Fsp3) is 0.512. The number of nitriles is 2. The number of nitrogens with one attached hydrogen (secondary N) is 2. The van der Waals surface area contributed by atoms with E-state index in [0.29, 0.717) is 107 Å². The van der Waals surface area contributed by atoms with Crippen LogP contribution in [0.5, 0.6) is 17.2 Å². The molecule has 2 saturated carbocycles. The molecule has 111 heavy (non-hydrogen) atoms. The first-order chi connectivity index (χ1) is 52.9. The number of aromatic nitrogens is 6. The number of carboxylic acid groups (broad SMARTS) is 1. The first-order valence-corrected chi connectivity index (χ1v) is 38.4. The summed E-state index contributed by atoms with van der Waals surface area (Å²) >= 11 is 0. The number of allylic oxidation sites excluding steroid dienone is 2. The number of esters is 1. The highest BCUT2D eigenvalue weighted by Crippen LogP contribution is 2.49. The number of aliphatic hydroxyl groups excluding tert-OH is 1. The van der Waals surface area contributed by atoms with E-state index in [2.05, 4.69) is 147 Å². The lowest BCUT2D eigenvalue weighted by molar-refractivity contribution is -0.338. The molecule has 0 saturated heterocycles. The number of methoxy groups -OCH3 is 2. The number of aliphatic imine (C=N–C) groups is 2. The predicted molar refractivity (Wildman–Crippen MR) is 422 cm³/mol. The number of hydrogen-bond acceptors (Lipinski definition) is 23. The van der Waals surface area contributed by atoms with E-state index >= 15 is 0 Å². The number of rotatable bonds is 28. The van der Waals surface area contributed by atoms with Crippen LogP contribution in [0.2, 0.25) is 0 Å². The van der Waals surface area contributed by atoms with E-state index in [-0.39, 0.29) is 119 Å². The summed E-state index contributed by atoms with van der Waals surface area (Å²) in [5, 5.41) is 53.3. The lowest BCUT2D eigenvalue weighted by Crippen LogP contribution is -2.50. The van der Waals surface area contributed by atoms with Crippen LogP contribution in [0.15, 0.2) is 94.1 Å². The Morgan fingerprint density at radius 2 is 1.18 bits per heavy atom. The zero-order valence-electron chi connectivity index (χ0n) is 66.6. The Bertz CT molecular complexity index is 4780. The van der Waals surface area contributed by atoms with Gasteiger partial charge in [-0.2, -0.15) is 19.9 Å². The molecule has 1 amide bonds. The largest absolute Gasteiger partial charge is 0.495 e. The molecule has 0 spiro atoms. The van der Waals surface area contributed by atoms with Gasteiger partial charge < -0.3 is 49.0 Å². The second-order valence-corrected chi connectivity index (χ2v) is 32.4. The quantitative estimate of drug-likeness (QED) is 0.0117. The van der Waals surface area contributed by atoms with E-state index in [1.165, 1.54) is 11.8 Å². The molecule has 6 aromatic rings. The number of carbonyl (C=O) groups excluding carboxylic acids is 2. The van der Waals surface area contributed by atoms with Gasteiger partial charge in [0, 0.05) is 58.7 Å². The number of benzene rings is 4. The molecule has 0 bridgehead atoms. The number of aryl methyl sites for hydroxylation is 2. The van der Waals surface area contributed by atoms with Crippen molar-refractivity contribution in [2.45, 2.75) is 183 Å². The van der Waals surface area contributed by atoms with Crippen molar-refractivity contribution < 1.29 is 62.9 Å². The minimum atomic E-state index is -1.11. The van der Waals surface area contributed by atoms with Crippen molar-refractivity contribution in [3.63, 3.8) is 0 Å². The summed E-state index contributed by atoms with van der Waals surface area (Å²) in [5.41, 5.74) is 11.7. The molecule has 27 nitrogen and oxygen atoms in total. The number of aliphatic carboxylic acids is 1. The summed E-state index contributed by atoms with van der Waals surface area (Å²) in [6, 6.07) is 23.6. The van der Waals surface area contributed by atoms with E-state index in [1.54, 1.807) is 42.1 Å². The minimum Gasteiger partial charge on any atom is -0.495 e. The van der Waals surface area contributed by atoms with Gasteiger partial charge in [-0.05, 0) is 210 Å². The minimum absolute atomic E-state index is 0.00477. The maximum Gasteiger partial charge on any atom is 0.343 e. The van der Waals surface area contributed by atoms with Gasteiger partial charge >= 0.3 is 11.9 Å². The third kappa shape index (κ3) is 16.8. The zero-order chi connectivity index (χ0) is 79.7. The molecule has 6 unspecified atom stereocenters. The van der Waals surface area contributed by atoms with Crippen LogP contribution in [0.1, 0.15) is 180 Å². The molecule has 2 fully saturated rings. The molecule has 6 atom stereocenters. The van der Waals surface area contributed by atoms with E-state index in [0.717, 1.165) is 72.2 Å². The van der Waals surface area contributed by atoms with Crippen molar-refractivity contribution in [3.8, 4) is 52.2 Å². The molecule has 2 aromatic heterocycles. The molecule has 4 aliphatic heterocycles. The predicted octanol–water partition coefficient (Wildman–Crippen LogP) is 14.3. The second-order valence-electron chi connectivity index (χ2n) is 32.4. The molecule has 12 rings (SSSR count). The van der Waals surface area contributed by atoms with Crippen LogP contribution < -0.4 is 34.8 Å². The molecule has 4 N–H and O–H groups in total. The number of hydroxylamine groups is 1. The normalized spacial score (nSPS) is 23.7. The summed E-state index contributed by atoms with van der Waals surface area (Å²) in [7, 11) is 2.99. The third-order valence-electron chi connectivity index (χ3n) is 22.7. The van der Waals surface area contributed by atoms with Gasteiger partial charge in [0.1, 0.15) is 53.9 Å². The number of ether oxygens (including phenoxy) is 5. The molecular formula is C84H104N14O13. The van der Waals surface area contributed by atoms with Gasteiger partial charge in [-0.1, -0.05) is 62.0 Å². The number of carboxylic acids is 1. The molecule has 6 aliphatic rings. The SMILES string of the molecule is C=C(COc1cc(-c2nc3n(n2)C(=Nc2cc4c(cc2C)N(CCOCCN2c5cc(C)c(N=C6C(C#N)=C(C(=O)OC7C(C)CC(C)CC7C)c7nc(-c8ccc(OC)c(NC(=O)CCC(=O)O)c8)nn76)cc5C(C)CC2(C)C)C(C)(C)CC4C)C(C#N)=C3COOC2C(C)CC(C)CC2C)ccc1OC)NOCO. The molecule has 4 aromatic carbocycles. The smallest absolute Gasteiger partial charge is 0.343 e. The van der Waals surface area contributed by atoms with E-state index in [4.69, 9.17) is 73.6 Å². The van der Waals surface area contributed by atoms with Crippen molar-refractivity contribution in [1.29, 1.82) is 10.5 Å². The third-order valence-corrected chi connectivity index (χ3v) is 22.7. The van der Waals surface area contributed by atoms with Gasteiger partial charge in [0.2, 0.25) is 5.91 Å². The Morgan fingerprint density at radius 3 is 1.71 bits per heavy atom. The summed E-state index contributed by atoms with van der Waals surface area (Å²) in [4.78, 5) is 81.6. The Kier molecular flexibility index (Phi) is 24.1. The number of carbonyl (C=O) groups is 3. The van der Waals surface area contributed by atoms with Gasteiger partial charge in [-0.25, -0.2) is 39.4 Å². The summed E-state index contributed by atoms with van der Waals surface area (Å²) in [6.07, 6.45) is 4.31. The number of nitrogens with zero attached hydrogens (tertiary/aromatic N) is 12. The van der Waals surface area contributed by atoms with E-state index < -0.39 is 30.7 Å². The van der Waals surface area contributed by atoms with Crippen LogP contribution >= 0.6 is 0 Å². The molecule has 27 heteroatoms. The average molecular weight is 1520 g/mol. The number of aliphatic hydroxyl groups is 1. The van der Waals surface area contributed by atoms with E-state index in [1.807, 2.05) is 19.9 Å². The highest BCUT2D eigenvalue weighted by atomic mass is 17.2. The summed E-state index contributed by atoms with van der Waals surface area (Å²) in [6.45, 7) is 35.9. The lowest BCUT2D eigenvalue weighted by Gasteiger charge is -2.48. The topological polar surface area (TPSA) is 330 Å². The molecule has 6 heterocycles. The molecule has 0 radical (unpaired) electrons. The van der Waals surface area contributed by atoms with Crippen LogP contribution in [0, 0.1) is 72.0 Å². The fourth-order valence-electron chi connectivity index (χ4n) is 17.7. The molecule has 588 valence electrons. The zero-order valence-corrected chi connectivity index (χ0v) is 66.6. The van der Waals surface area contributed by atoms with Crippen LogP contribution in [0.4, 0.5) is 28.4 Å². The Labute approximate surface area is 649 Å². The van der Waals surface area contributed by atoms with Crippen molar-refractivity contribution >= 4 is 69.1 Å². The van der Waals surface area contributed by atoms with Crippen LogP contribution in [-0.4, -0.2) is 153 Å². The van der Waals surface area contributed by atoms with E-state index in [9.17, 15) is 30.0 Å². The Balaban J connectivity index is 0.798. The van der Waals surface area contributed by atoms with Crippen molar-refractivity contribution in [2.24, 2.45) is 45.5 Å². The van der Waals surface area contributed by atoms with Crippen LogP contribution in [0.3, 0.4) is 0 Å². The lowest BCUT2D eigenvalue weighted by atomic mass is 9.75. The van der Waals surface area contributed by atoms with Gasteiger partial charge in [0.15, 0.2) is 53.3 Å². The van der Waals surface area contributed by atoms with Crippen LogP contribution in [-0.2, 0) is 38.5 Å². The van der Waals surface area contributed by atoms with Gasteiger partial charge in [0.25, 0.3) is 0 Å². The van der Waals surface area contributed by atoms with Gasteiger partial charge in [0.05, 0.1) is 62.7 Å². The summed E-state index contributed by atoms with van der Waals surface area (Å²) < 4.78 is 33.4. The Hall–Kier alpha value is -10.3. The second kappa shape index (κ2) is 33.3. The number of fused-ring (bicyclic) bond motifs is 4. The Morgan fingerprint density at radius 1 is 0.667 bits per heavy atom. The van der Waals surface area contributed by atoms with Crippen molar-refractivity contribution in [1.82, 2.24) is 35.0 Å². The first kappa shape index (κ1) is 80.2. The van der Waals surface area contributed by atoms with Crippen LogP contribution in [0.25, 0.3) is 33.9 Å². The maximum absolute atomic E-state index is 14.8. The number of anilines is 3. The highest BCUT2D eigenvalue weighted by molar-refractivity contribution is 6.30. The number of amides is 1. The van der Waals surface area contributed by atoms with Gasteiger partial charge in [-0.15, -0.1) is 10.2 Å². The van der Waals surface area contributed by atoms with Crippen molar-refractivity contribution in [2.75, 3.05) is 75.6 Å². The maximum atomic E-state index is 14.8. The standard InChI is InChI=1S/C84H104N14O13/c1-45-28-49(5)74(50(6)29-45)110-82(103)73-61(41-86)79(98-81(73)91-76(93-98)56-18-20-68(104-16)65(34-56)87-71(100)22-23-72(101)102)89-64-37-59-54(10)39-84(14,15)96(67(59)33-48(64)4)25-27-106-26-24-95-66-32-47(3)63(36-58(66)53(9)38-83(95,12)13)88-78-60(40-85)62(43-109-111-75-51(7)30-46(2)31-52(75)8)80-90-77(92-97(78)80)57-19-21-69(105-17)70(35-57)107-42-55(11)94-108-44-99/h18-21,32-37,45-46,49-54,74-75,94,99H,11,22-31,38-39,42-44H2,1-10,12-17H3,(H,87,100)(H,101,102). The number of hydrogen-bond donors (Lipinski definition) is 4. The fourth-order valence-corrected chi connectivity index (χ4v) is 17.7. The van der Waals surface area contributed by atoms with Crippen molar-refractivity contribution in [3.05, 3.63) is 118 Å². The molecule has 2 aliphatic carbocycles.